The van der Waals surface area contributed by atoms with E-state index in [0.717, 1.165) is 11.6 Å². The number of ether oxygens (including phenoxy) is 2. The number of halogens is 3. The maximum atomic E-state index is 13.6. The highest BCUT2D eigenvalue weighted by Crippen LogP contribution is 2.28. The van der Waals surface area contributed by atoms with Crippen LogP contribution in [0.4, 0.5) is 18.0 Å². The second-order valence-corrected chi connectivity index (χ2v) is 6.65. The largest absolute Gasteiger partial charge is 0.444 e. The van der Waals surface area contributed by atoms with Gasteiger partial charge in [-0.1, -0.05) is 19.9 Å². The van der Waals surface area contributed by atoms with E-state index in [1.807, 2.05) is 13.8 Å². The van der Waals surface area contributed by atoms with E-state index in [9.17, 15) is 18.0 Å². The van der Waals surface area contributed by atoms with Crippen LogP contribution in [0.5, 0.6) is 5.75 Å². The summed E-state index contributed by atoms with van der Waals surface area (Å²) < 4.78 is 47.9. The van der Waals surface area contributed by atoms with E-state index >= 15 is 0 Å². The van der Waals surface area contributed by atoms with Gasteiger partial charge in [-0.05, 0) is 35.2 Å². The summed E-state index contributed by atoms with van der Waals surface area (Å²) >= 11 is 0. The fourth-order valence-electron chi connectivity index (χ4n) is 2.83. The molecule has 144 valence electrons. The van der Waals surface area contributed by atoms with Crippen molar-refractivity contribution < 1.29 is 27.4 Å². The summed E-state index contributed by atoms with van der Waals surface area (Å²) in [5, 5.41) is 0. The average molecular weight is 380 g/mol. The quantitative estimate of drug-likeness (QED) is 0.742. The molecule has 2 heterocycles. The lowest BCUT2D eigenvalue weighted by Gasteiger charge is -2.14. The molecule has 1 aliphatic heterocycles. The van der Waals surface area contributed by atoms with Gasteiger partial charge in [0.05, 0.1) is 13.1 Å². The highest BCUT2D eigenvalue weighted by atomic mass is 19.3. The topological polar surface area (TPSA) is 51.7 Å². The number of nitrogens with zero attached hydrogens (tertiary/aromatic N) is 2. The van der Waals surface area contributed by atoms with Crippen LogP contribution < -0.4 is 4.74 Å². The molecule has 1 fully saturated rings. The summed E-state index contributed by atoms with van der Waals surface area (Å²) in [6.45, 7) is 1.65. The van der Waals surface area contributed by atoms with Gasteiger partial charge in [0.15, 0.2) is 11.6 Å². The molecule has 1 amide bonds. The van der Waals surface area contributed by atoms with Crippen LogP contribution in [0.15, 0.2) is 36.7 Å². The number of carbonyl (C=O) groups is 1. The summed E-state index contributed by atoms with van der Waals surface area (Å²) in [5.41, 5.74) is 1.82. The number of aromatic nitrogens is 1. The lowest BCUT2D eigenvalue weighted by Crippen LogP contribution is -2.26. The van der Waals surface area contributed by atoms with Gasteiger partial charge in [0.1, 0.15) is 6.10 Å². The standard InChI is InChI=1S/C19H19F3N2O3/c1-11(2)17-10-24(19(25)27-17)9-12-5-14(8-23-7-12)13-3-4-15(20)16(6-13)26-18(21)22/h3-8,11,17-18H,9-10H2,1-2H3/t17-/m0/s1. The average Bonchev–Trinajstić information content (AvgIpc) is 2.98. The third-order valence-electron chi connectivity index (χ3n) is 4.30. The van der Waals surface area contributed by atoms with Crippen LogP contribution in [-0.2, 0) is 11.3 Å². The van der Waals surface area contributed by atoms with E-state index in [2.05, 4.69) is 9.72 Å². The Morgan fingerprint density at radius 3 is 2.70 bits per heavy atom. The number of rotatable bonds is 6. The van der Waals surface area contributed by atoms with Crippen molar-refractivity contribution in [3.05, 3.63) is 48.0 Å². The number of pyridine rings is 1. The van der Waals surface area contributed by atoms with Crippen molar-refractivity contribution in [3.8, 4) is 16.9 Å². The molecule has 3 rings (SSSR count). The smallest absolute Gasteiger partial charge is 0.410 e. The van der Waals surface area contributed by atoms with E-state index in [4.69, 9.17) is 4.74 Å². The van der Waals surface area contributed by atoms with Crippen LogP contribution in [0.1, 0.15) is 19.4 Å². The van der Waals surface area contributed by atoms with Crippen molar-refractivity contribution in [1.29, 1.82) is 0 Å². The second-order valence-electron chi connectivity index (χ2n) is 6.65. The van der Waals surface area contributed by atoms with E-state index in [1.54, 1.807) is 17.2 Å². The molecule has 0 unspecified atom stereocenters. The Kier molecular flexibility index (Phi) is 5.53. The summed E-state index contributed by atoms with van der Waals surface area (Å²) in [6.07, 6.45) is 2.61. The number of benzene rings is 1. The summed E-state index contributed by atoms with van der Waals surface area (Å²) in [5.74, 6) is -1.19. The monoisotopic (exact) mass is 380 g/mol. The van der Waals surface area contributed by atoms with Crippen molar-refractivity contribution in [2.45, 2.75) is 33.1 Å². The van der Waals surface area contributed by atoms with Gasteiger partial charge in [0.2, 0.25) is 0 Å². The van der Waals surface area contributed by atoms with Crippen LogP contribution in [-0.4, -0.2) is 35.2 Å². The molecule has 5 nitrogen and oxygen atoms in total. The summed E-state index contributed by atoms with van der Waals surface area (Å²) in [6, 6.07) is 5.47. The van der Waals surface area contributed by atoms with Crippen molar-refractivity contribution in [3.63, 3.8) is 0 Å². The molecular weight excluding hydrogens is 361 g/mol. The van der Waals surface area contributed by atoms with Crippen molar-refractivity contribution in [2.75, 3.05) is 6.54 Å². The fourth-order valence-corrected chi connectivity index (χ4v) is 2.83. The maximum Gasteiger partial charge on any atom is 0.410 e. The first-order chi connectivity index (χ1) is 12.8. The third-order valence-corrected chi connectivity index (χ3v) is 4.30. The molecule has 0 radical (unpaired) electrons. The SMILES string of the molecule is CC(C)[C@@H]1CN(Cc2cncc(-c3ccc(F)c(OC(F)F)c3)c2)C(=O)O1. The zero-order chi connectivity index (χ0) is 19.6. The van der Waals surface area contributed by atoms with Crippen molar-refractivity contribution in [2.24, 2.45) is 5.92 Å². The number of hydrogen-bond acceptors (Lipinski definition) is 4. The first-order valence-electron chi connectivity index (χ1n) is 8.47. The third kappa shape index (κ3) is 4.50. The van der Waals surface area contributed by atoms with Gasteiger partial charge in [-0.25, -0.2) is 9.18 Å². The van der Waals surface area contributed by atoms with Gasteiger partial charge >= 0.3 is 12.7 Å². The van der Waals surface area contributed by atoms with E-state index in [0.29, 0.717) is 24.2 Å². The molecule has 1 aliphatic rings. The first-order valence-corrected chi connectivity index (χ1v) is 8.47. The maximum absolute atomic E-state index is 13.6. The van der Waals surface area contributed by atoms with Crippen LogP contribution >= 0.6 is 0 Å². The predicted molar refractivity (Wildman–Crippen MR) is 91.8 cm³/mol. The second kappa shape index (κ2) is 7.85. The molecule has 0 aliphatic carbocycles. The zero-order valence-corrected chi connectivity index (χ0v) is 14.9. The minimum atomic E-state index is -3.12. The molecule has 1 atom stereocenters. The molecule has 0 saturated carbocycles. The van der Waals surface area contributed by atoms with Crippen molar-refractivity contribution in [1.82, 2.24) is 9.88 Å². The number of amides is 1. The van der Waals surface area contributed by atoms with Crippen LogP contribution in [0, 0.1) is 11.7 Å². The summed E-state index contributed by atoms with van der Waals surface area (Å²) in [4.78, 5) is 17.7. The lowest BCUT2D eigenvalue weighted by molar-refractivity contribution is -0.0521. The van der Waals surface area contributed by atoms with E-state index in [-0.39, 0.29) is 18.1 Å². The Labute approximate surface area is 154 Å². The molecular formula is C19H19F3N2O3. The predicted octanol–water partition coefficient (Wildman–Crippen LogP) is 4.47. The minimum absolute atomic E-state index is 0.153. The summed E-state index contributed by atoms with van der Waals surface area (Å²) in [7, 11) is 0. The Morgan fingerprint density at radius 1 is 1.26 bits per heavy atom. The number of hydrogen-bond donors (Lipinski definition) is 0. The Hall–Kier alpha value is -2.77. The minimum Gasteiger partial charge on any atom is -0.444 e. The Bertz CT molecular complexity index is 830. The first kappa shape index (κ1) is 19.0. The van der Waals surface area contributed by atoms with Gasteiger partial charge in [-0.15, -0.1) is 0 Å². The Morgan fingerprint density at radius 2 is 2.04 bits per heavy atom. The van der Waals surface area contributed by atoms with Crippen LogP contribution in [0.3, 0.4) is 0 Å². The molecule has 8 heteroatoms. The van der Waals surface area contributed by atoms with Crippen molar-refractivity contribution >= 4 is 6.09 Å². The molecule has 0 spiro atoms. The molecule has 2 aromatic rings. The molecule has 1 aromatic carbocycles. The van der Waals surface area contributed by atoms with Gasteiger partial charge in [-0.2, -0.15) is 8.78 Å². The Balaban J connectivity index is 1.79. The normalized spacial score (nSPS) is 16.9. The number of alkyl halides is 2. The molecule has 0 N–H and O–H groups in total. The van der Waals surface area contributed by atoms with E-state index < -0.39 is 18.2 Å². The van der Waals surface area contributed by atoms with Gasteiger partial charge in [-0.3, -0.25) is 4.98 Å². The molecule has 1 aromatic heterocycles. The zero-order valence-electron chi connectivity index (χ0n) is 14.9. The number of carbonyl (C=O) groups excluding carboxylic acids is 1. The molecule has 0 bridgehead atoms. The van der Waals surface area contributed by atoms with E-state index in [1.165, 1.54) is 18.3 Å². The van der Waals surface area contributed by atoms with Gasteiger partial charge in [0.25, 0.3) is 0 Å². The lowest BCUT2D eigenvalue weighted by atomic mass is 10.0. The molecule has 1 saturated heterocycles. The number of cyclic esters (lactones) is 1. The highest BCUT2D eigenvalue weighted by molar-refractivity contribution is 5.70. The van der Waals surface area contributed by atoms with Gasteiger partial charge < -0.3 is 14.4 Å². The highest BCUT2D eigenvalue weighted by Gasteiger charge is 2.33. The van der Waals surface area contributed by atoms with Crippen LogP contribution in [0.25, 0.3) is 11.1 Å². The van der Waals surface area contributed by atoms with Gasteiger partial charge in [0, 0.05) is 18.0 Å². The van der Waals surface area contributed by atoms with Crippen LogP contribution in [0.2, 0.25) is 0 Å². The molecule has 27 heavy (non-hydrogen) atoms. The fraction of sp³-hybridized carbons (Fsp3) is 0.368.